The number of ether oxygens (including phenoxy) is 1. The van der Waals surface area contributed by atoms with Crippen LogP contribution in [0.5, 0.6) is 0 Å². The minimum Gasteiger partial charge on any atom is -0.466 e. The van der Waals surface area contributed by atoms with Crippen LogP contribution in [0.3, 0.4) is 0 Å². The van der Waals surface area contributed by atoms with Gasteiger partial charge >= 0.3 is 5.97 Å². The maximum atomic E-state index is 12.4. The van der Waals surface area contributed by atoms with Gasteiger partial charge in [-0.25, -0.2) is 0 Å². The number of esters is 1. The van der Waals surface area contributed by atoms with Gasteiger partial charge in [-0.05, 0) is 57.8 Å². The Morgan fingerprint density at radius 2 is 0.797 bits per heavy atom. The average Bonchev–Trinajstić information content (AvgIpc) is 3.29. The molecular weight excluding hydrogens is 791 g/mol. The molecule has 0 aromatic heterocycles. The second kappa shape index (κ2) is 53.7. The fourth-order valence-corrected chi connectivity index (χ4v) is 8.53. The summed E-state index contributed by atoms with van der Waals surface area (Å²) in [4.78, 5) is 24.4. The van der Waals surface area contributed by atoms with Gasteiger partial charge in [-0.2, -0.15) is 0 Å². The number of nitrogens with one attached hydrogen (secondary N) is 1. The van der Waals surface area contributed by atoms with E-state index in [0.717, 1.165) is 51.4 Å². The van der Waals surface area contributed by atoms with E-state index in [0.29, 0.717) is 19.4 Å². The summed E-state index contributed by atoms with van der Waals surface area (Å²) >= 11 is 0. The second-order valence-corrected chi connectivity index (χ2v) is 19.3. The number of amides is 1. The number of allylic oxidation sites excluding steroid dienone is 5. The fraction of sp³-hybridized carbons (Fsp3) is 0.862. The number of rotatable bonds is 52. The lowest BCUT2D eigenvalue weighted by Crippen LogP contribution is -2.45. The number of carbonyl (C=O) groups is 2. The number of unbranched alkanes of at least 4 members (excludes halogenated alkanes) is 37. The summed E-state index contributed by atoms with van der Waals surface area (Å²) in [5.41, 5.74) is 0. The molecule has 0 aliphatic heterocycles. The van der Waals surface area contributed by atoms with Crippen molar-refractivity contribution in [2.75, 3.05) is 13.2 Å². The van der Waals surface area contributed by atoms with Crippen molar-refractivity contribution in [2.24, 2.45) is 0 Å². The Bertz CT molecular complexity index is 1040. The van der Waals surface area contributed by atoms with Crippen molar-refractivity contribution in [1.29, 1.82) is 0 Å². The molecule has 0 bridgehead atoms. The average molecular weight is 901 g/mol. The van der Waals surface area contributed by atoms with Crippen LogP contribution >= 0.6 is 0 Å². The van der Waals surface area contributed by atoms with Crippen molar-refractivity contribution in [2.45, 2.75) is 309 Å². The predicted molar refractivity (Wildman–Crippen MR) is 278 cm³/mol. The minimum atomic E-state index is -0.841. The number of hydrogen-bond acceptors (Lipinski definition) is 5. The molecule has 0 radical (unpaired) electrons. The van der Waals surface area contributed by atoms with Gasteiger partial charge in [-0.15, -0.1) is 0 Å². The highest BCUT2D eigenvalue weighted by Crippen LogP contribution is 2.17. The lowest BCUT2D eigenvalue weighted by atomic mass is 10.0. The van der Waals surface area contributed by atoms with Crippen LogP contribution < -0.4 is 5.32 Å². The summed E-state index contributed by atoms with van der Waals surface area (Å²) in [7, 11) is 0. The summed E-state index contributed by atoms with van der Waals surface area (Å²) in [5, 5.41) is 22.9. The molecule has 6 heteroatoms. The van der Waals surface area contributed by atoms with Crippen LogP contribution in [0.1, 0.15) is 296 Å². The summed E-state index contributed by atoms with van der Waals surface area (Å²) in [6.07, 6.45) is 66.1. The first kappa shape index (κ1) is 62.1. The van der Waals surface area contributed by atoms with Crippen molar-refractivity contribution in [3.05, 3.63) is 36.5 Å². The molecule has 64 heavy (non-hydrogen) atoms. The largest absolute Gasteiger partial charge is 0.466 e. The van der Waals surface area contributed by atoms with E-state index in [1.54, 1.807) is 6.08 Å². The zero-order chi connectivity index (χ0) is 46.5. The molecule has 1 amide bonds. The summed E-state index contributed by atoms with van der Waals surface area (Å²) in [6.45, 7) is 4.83. The van der Waals surface area contributed by atoms with Gasteiger partial charge in [0.25, 0.3) is 0 Å². The van der Waals surface area contributed by atoms with Gasteiger partial charge in [-0.1, -0.05) is 262 Å². The summed E-state index contributed by atoms with van der Waals surface area (Å²) in [6, 6.07) is -0.625. The molecule has 2 unspecified atom stereocenters. The molecule has 0 aliphatic rings. The van der Waals surface area contributed by atoms with Gasteiger partial charge in [0.1, 0.15) is 0 Å². The SMILES string of the molecule is CCCC/C=C\C/C=C\CCCCCCCC(=O)OCCCCCCCCCCCCCCCCCCCCCCCCCCC(=O)NC(CO)C(O)/C=C/CCCCCCCCC. The third-order valence-electron chi connectivity index (χ3n) is 12.9. The zero-order valence-electron chi connectivity index (χ0n) is 42.8. The van der Waals surface area contributed by atoms with E-state index >= 15 is 0 Å². The number of carbonyl (C=O) groups excluding carboxylic acids is 2. The number of aliphatic hydroxyl groups is 2. The van der Waals surface area contributed by atoms with Crippen LogP contribution in [-0.4, -0.2) is 47.4 Å². The quantitative estimate of drug-likeness (QED) is 0.0321. The van der Waals surface area contributed by atoms with E-state index in [4.69, 9.17) is 4.74 Å². The first-order chi connectivity index (χ1) is 31.5. The van der Waals surface area contributed by atoms with E-state index < -0.39 is 12.1 Å². The fourth-order valence-electron chi connectivity index (χ4n) is 8.53. The van der Waals surface area contributed by atoms with Crippen LogP contribution in [0.15, 0.2) is 36.5 Å². The normalized spacial score (nSPS) is 12.9. The standard InChI is InChI=1S/C58H109NO5/c1-3-5-7-9-11-13-14-15-29-32-36-40-44-48-52-58(63)64-53-49-45-41-37-33-30-27-25-23-21-19-17-16-18-20-22-24-26-28-31-35-39-43-47-51-57(62)59-55(54-60)56(61)50-46-42-38-34-12-10-8-6-4-2/h9,11,14-15,46,50,55-56,60-61H,3-8,10,12-13,16-45,47-49,51-54H2,1-2H3,(H,59,62)/b11-9-,15-14-,50-46+. The molecular formula is C58H109NO5. The molecule has 0 saturated heterocycles. The molecule has 6 nitrogen and oxygen atoms in total. The van der Waals surface area contributed by atoms with Crippen molar-refractivity contribution < 1.29 is 24.5 Å². The Morgan fingerprint density at radius 3 is 1.23 bits per heavy atom. The van der Waals surface area contributed by atoms with Crippen molar-refractivity contribution in [3.8, 4) is 0 Å². The Morgan fingerprint density at radius 1 is 0.438 bits per heavy atom. The van der Waals surface area contributed by atoms with Gasteiger partial charge in [0.2, 0.25) is 5.91 Å². The highest BCUT2D eigenvalue weighted by atomic mass is 16.5. The molecule has 0 aromatic rings. The van der Waals surface area contributed by atoms with E-state index in [9.17, 15) is 19.8 Å². The Labute approximate surface area is 398 Å². The maximum Gasteiger partial charge on any atom is 0.305 e. The Kier molecular flexibility index (Phi) is 52.1. The molecule has 0 spiro atoms. The lowest BCUT2D eigenvalue weighted by Gasteiger charge is -2.20. The van der Waals surface area contributed by atoms with Crippen LogP contribution in [-0.2, 0) is 14.3 Å². The van der Waals surface area contributed by atoms with Crippen molar-refractivity contribution in [3.63, 3.8) is 0 Å². The van der Waals surface area contributed by atoms with Gasteiger partial charge in [0.15, 0.2) is 0 Å². The predicted octanol–water partition coefficient (Wildman–Crippen LogP) is 17.2. The van der Waals surface area contributed by atoms with E-state index in [1.165, 1.54) is 218 Å². The van der Waals surface area contributed by atoms with Crippen LogP contribution in [0.25, 0.3) is 0 Å². The van der Waals surface area contributed by atoms with Crippen LogP contribution in [0, 0.1) is 0 Å². The molecule has 0 saturated carbocycles. The molecule has 3 N–H and O–H groups in total. The molecule has 0 rings (SSSR count). The Hall–Kier alpha value is -1.92. The summed E-state index contributed by atoms with van der Waals surface area (Å²) in [5.74, 6) is -0.0700. The molecule has 0 aromatic carbocycles. The molecule has 0 fully saturated rings. The highest BCUT2D eigenvalue weighted by molar-refractivity contribution is 5.76. The third-order valence-corrected chi connectivity index (χ3v) is 12.9. The molecule has 0 aliphatic carbocycles. The van der Waals surface area contributed by atoms with Crippen LogP contribution in [0.4, 0.5) is 0 Å². The molecule has 376 valence electrons. The Balaban J connectivity index is 3.36. The zero-order valence-corrected chi connectivity index (χ0v) is 42.8. The molecule has 0 heterocycles. The monoisotopic (exact) mass is 900 g/mol. The maximum absolute atomic E-state index is 12.4. The van der Waals surface area contributed by atoms with Crippen LogP contribution in [0.2, 0.25) is 0 Å². The topological polar surface area (TPSA) is 95.9 Å². The van der Waals surface area contributed by atoms with E-state index in [-0.39, 0.29) is 18.5 Å². The summed E-state index contributed by atoms with van der Waals surface area (Å²) < 4.78 is 5.47. The molecule has 2 atom stereocenters. The van der Waals surface area contributed by atoms with Gasteiger partial charge in [-0.3, -0.25) is 9.59 Å². The minimum absolute atomic E-state index is 0.000232. The second-order valence-electron chi connectivity index (χ2n) is 19.3. The van der Waals surface area contributed by atoms with E-state index in [1.807, 2.05) is 6.08 Å². The smallest absolute Gasteiger partial charge is 0.305 e. The first-order valence-corrected chi connectivity index (χ1v) is 28.3. The lowest BCUT2D eigenvalue weighted by molar-refractivity contribution is -0.143. The number of hydrogen-bond donors (Lipinski definition) is 3. The number of aliphatic hydroxyl groups excluding tert-OH is 2. The van der Waals surface area contributed by atoms with Crippen molar-refractivity contribution >= 4 is 11.9 Å². The van der Waals surface area contributed by atoms with E-state index in [2.05, 4.69) is 43.5 Å². The van der Waals surface area contributed by atoms with Gasteiger partial charge in [0.05, 0.1) is 25.4 Å². The van der Waals surface area contributed by atoms with Gasteiger partial charge in [0, 0.05) is 12.8 Å². The highest BCUT2D eigenvalue weighted by Gasteiger charge is 2.18. The van der Waals surface area contributed by atoms with Gasteiger partial charge < -0.3 is 20.3 Å². The first-order valence-electron chi connectivity index (χ1n) is 28.3. The third kappa shape index (κ3) is 49.5. The van der Waals surface area contributed by atoms with Crippen molar-refractivity contribution in [1.82, 2.24) is 5.32 Å².